The van der Waals surface area contributed by atoms with Gasteiger partial charge in [-0.05, 0) is 36.2 Å². The molecule has 1 aliphatic rings. The van der Waals surface area contributed by atoms with Crippen LogP contribution in [0.15, 0.2) is 42.5 Å². The summed E-state index contributed by atoms with van der Waals surface area (Å²) in [5, 5.41) is -0.0473. The second-order valence-corrected chi connectivity index (χ2v) is 5.53. The van der Waals surface area contributed by atoms with Crippen LogP contribution in [-0.2, 0) is 16.0 Å². The Balaban J connectivity index is 1.65. The monoisotopic (exact) mass is 333 g/mol. The molecule has 1 aliphatic heterocycles. The molecule has 0 bridgehead atoms. The van der Waals surface area contributed by atoms with Gasteiger partial charge >= 0.3 is 5.97 Å². The van der Waals surface area contributed by atoms with E-state index in [2.05, 4.69) is 0 Å². The predicted molar refractivity (Wildman–Crippen MR) is 84.2 cm³/mol. The first-order valence-corrected chi connectivity index (χ1v) is 7.44. The van der Waals surface area contributed by atoms with Gasteiger partial charge in [-0.3, -0.25) is 4.79 Å². The van der Waals surface area contributed by atoms with Crippen LogP contribution in [0.1, 0.15) is 15.9 Å². The Hall–Kier alpha value is -2.40. The molecule has 0 saturated heterocycles. The zero-order valence-electron chi connectivity index (χ0n) is 12.1. The van der Waals surface area contributed by atoms with Gasteiger partial charge in [-0.1, -0.05) is 29.8 Å². The molecule has 0 saturated carbocycles. The Bertz CT molecular complexity index is 778. The molecular formula is C17H13ClFNO3. The summed E-state index contributed by atoms with van der Waals surface area (Å²) in [6.45, 7) is 0.175. The van der Waals surface area contributed by atoms with E-state index in [0.29, 0.717) is 6.54 Å². The molecule has 2 aromatic carbocycles. The Morgan fingerprint density at radius 2 is 2.00 bits per heavy atom. The van der Waals surface area contributed by atoms with Crippen LogP contribution in [0.5, 0.6) is 0 Å². The lowest BCUT2D eigenvalue weighted by molar-refractivity contribution is -0.121. The van der Waals surface area contributed by atoms with Crippen LogP contribution < -0.4 is 4.90 Å². The number of para-hydroxylation sites is 1. The van der Waals surface area contributed by atoms with E-state index in [-0.39, 0.29) is 23.1 Å². The van der Waals surface area contributed by atoms with Crippen molar-refractivity contribution in [3.8, 4) is 0 Å². The number of ether oxygens (including phenoxy) is 1. The van der Waals surface area contributed by atoms with Crippen molar-refractivity contribution in [2.45, 2.75) is 6.42 Å². The first-order valence-electron chi connectivity index (χ1n) is 7.06. The summed E-state index contributed by atoms with van der Waals surface area (Å²) in [6.07, 6.45) is 0.777. The lowest BCUT2D eigenvalue weighted by Crippen LogP contribution is -2.33. The maximum Gasteiger partial charge on any atom is 0.340 e. The number of fused-ring (bicyclic) bond motifs is 1. The number of esters is 1. The third-order valence-corrected chi connectivity index (χ3v) is 3.98. The molecule has 118 valence electrons. The van der Waals surface area contributed by atoms with E-state index in [1.807, 2.05) is 24.3 Å². The van der Waals surface area contributed by atoms with Crippen LogP contribution in [0.25, 0.3) is 0 Å². The smallest absolute Gasteiger partial charge is 0.340 e. The summed E-state index contributed by atoms with van der Waals surface area (Å²) in [6, 6.07) is 11.0. The van der Waals surface area contributed by atoms with Crippen molar-refractivity contribution in [2.24, 2.45) is 0 Å². The molecule has 23 heavy (non-hydrogen) atoms. The fourth-order valence-corrected chi connectivity index (χ4v) is 2.78. The Morgan fingerprint density at radius 3 is 2.78 bits per heavy atom. The lowest BCUT2D eigenvalue weighted by Gasteiger charge is -2.17. The predicted octanol–water partition coefficient (Wildman–Crippen LogP) is 3.23. The standard InChI is InChI=1S/C17H13ClFNO3/c18-14-9-12(19)5-6-13(14)17(22)23-10-16(21)20-8-7-11-3-1-2-4-15(11)20/h1-6,9H,7-8,10H2. The van der Waals surface area contributed by atoms with Gasteiger partial charge in [0.2, 0.25) is 0 Å². The summed E-state index contributed by atoms with van der Waals surface area (Å²) in [5.74, 6) is -1.60. The summed E-state index contributed by atoms with van der Waals surface area (Å²) < 4.78 is 18.0. The maximum atomic E-state index is 13.0. The number of halogens is 2. The minimum Gasteiger partial charge on any atom is -0.452 e. The number of carbonyl (C=O) groups excluding carboxylic acids is 2. The molecule has 0 radical (unpaired) electrons. The fraction of sp³-hybridized carbons (Fsp3) is 0.176. The summed E-state index contributed by atoms with van der Waals surface area (Å²) in [5.41, 5.74) is 1.96. The number of anilines is 1. The van der Waals surface area contributed by atoms with Crippen LogP contribution in [0, 0.1) is 5.82 Å². The van der Waals surface area contributed by atoms with Gasteiger partial charge in [-0.25, -0.2) is 9.18 Å². The van der Waals surface area contributed by atoms with Crippen LogP contribution >= 0.6 is 11.6 Å². The summed E-state index contributed by atoms with van der Waals surface area (Å²) in [7, 11) is 0. The summed E-state index contributed by atoms with van der Waals surface area (Å²) >= 11 is 5.80. The second-order valence-electron chi connectivity index (χ2n) is 5.12. The Morgan fingerprint density at radius 1 is 1.22 bits per heavy atom. The quantitative estimate of drug-likeness (QED) is 0.810. The van der Waals surface area contributed by atoms with Gasteiger partial charge in [-0.15, -0.1) is 0 Å². The number of rotatable bonds is 3. The highest BCUT2D eigenvalue weighted by atomic mass is 35.5. The van der Waals surface area contributed by atoms with Gasteiger partial charge in [0.1, 0.15) is 5.82 Å². The van der Waals surface area contributed by atoms with Gasteiger partial charge < -0.3 is 9.64 Å². The molecule has 4 nitrogen and oxygen atoms in total. The van der Waals surface area contributed by atoms with Crippen molar-refractivity contribution in [2.75, 3.05) is 18.1 Å². The molecule has 0 atom stereocenters. The van der Waals surface area contributed by atoms with E-state index in [0.717, 1.165) is 29.8 Å². The second kappa shape index (κ2) is 6.38. The molecule has 0 unspecified atom stereocenters. The van der Waals surface area contributed by atoms with Gasteiger partial charge in [0, 0.05) is 12.2 Å². The Labute approximate surface area is 137 Å². The SMILES string of the molecule is O=C(OCC(=O)N1CCc2ccccc21)c1ccc(F)cc1Cl. The fourth-order valence-electron chi connectivity index (χ4n) is 2.54. The molecule has 0 aromatic heterocycles. The van der Waals surface area contributed by atoms with Gasteiger partial charge in [0.25, 0.3) is 5.91 Å². The van der Waals surface area contributed by atoms with E-state index >= 15 is 0 Å². The number of hydrogen-bond acceptors (Lipinski definition) is 3. The van der Waals surface area contributed by atoms with E-state index < -0.39 is 11.8 Å². The van der Waals surface area contributed by atoms with Crippen molar-refractivity contribution in [1.82, 2.24) is 0 Å². The van der Waals surface area contributed by atoms with Crippen LogP contribution in [-0.4, -0.2) is 25.0 Å². The molecule has 6 heteroatoms. The molecule has 0 fully saturated rings. The number of nitrogens with zero attached hydrogens (tertiary/aromatic N) is 1. The van der Waals surface area contributed by atoms with Gasteiger partial charge in [-0.2, -0.15) is 0 Å². The van der Waals surface area contributed by atoms with Gasteiger partial charge in [0.05, 0.1) is 10.6 Å². The topological polar surface area (TPSA) is 46.6 Å². The van der Waals surface area contributed by atoms with E-state index in [4.69, 9.17) is 16.3 Å². The first kappa shape index (κ1) is 15.5. The number of carbonyl (C=O) groups is 2. The third-order valence-electron chi connectivity index (χ3n) is 3.67. The van der Waals surface area contributed by atoms with Crippen molar-refractivity contribution >= 4 is 29.2 Å². The van der Waals surface area contributed by atoms with Crippen LogP contribution in [0.4, 0.5) is 10.1 Å². The van der Waals surface area contributed by atoms with Crippen molar-refractivity contribution in [3.05, 3.63) is 64.4 Å². The summed E-state index contributed by atoms with van der Waals surface area (Å²) in [4.78, 5) is 25.8. The highest BCUT2D eigenvalue weighted by Gasteiger charge is 2.25. The van der Waals surface area contributed by atoms with E-state index in [9.17, 15) is 14.0 Å². The maximum absolute atomic E-state index is 13.0. The minimum atomic E-state index is -0.754. The van der Waals surface area contributed by atoms with Crippen molar-refractivity contribution in [3.63, 3.8) is 0 Å². The van der Waals surface area contributed by atoms with Crippen molar-refractivity contribution < 1.29 is 18.7 Å². The zero-order valence-corrected chi connectivity index (χ0v) is 12.8. The molecule has 0 N–H and O–H groups in total. The first-order chi connectivity index (χ1) is 11.1. The zero-order chi connectivity index (χ0) is 16.4. The van der Waals surface area contributed by atoms with E-state index in [1.54, 1.807) is 4.90 Å². The van der Waals surface area contributed by atoms with Crippen molar-refractivity contribution in [1.29, 1.82) is 0 Å². The normalized spacial score (nSPS) is 12.9. The number of amides is 1. The molecular weight excluding hydrogens is 321 g/mol. The molecule has 3 rings (SSSR count). The highest BCUT2D eigenvalue weighted by Crippen LogP contribution is 2.27. The van der Waals surface area contributed by atoms with E-state index in [1.165, 1.54) is 6.07 Å². The largest absolute Gasteiger partial charge is 0.452 e. The number of benzene rings is 2. The van der Waals surface area contributed by atoms with Gasteiger partial charge in [0.15, 0.2) is 6.61 Å². The molecule has 2 aromatic rings. The van der Waals surface area contributed by atoms with Crippen LogP contribution in [0.3, 0.4) is 0 Å². The molecule has 0 spiro atoms. The number of hydrogen-bond donors (Lipinski definition) is 0. The Kier molecular flexibility index (Phi) is 4.30. The average Bonchev–Trinajstić information content (AvgIpc) is 2.96. The average molecular weight is 334 g/mol. The van der Waals surface area contributed by atoms with Crippen LogP contribution in [0.2, 0.25) is 5.02 Å². The molecule has 1 heterocycles. The lowest BCUT2D eigenvalue weighted by atomic mass is 10.2. The molecule has 1 amide bonds. The molecule has 0 aliphatic carbocycles. The highest BCUT2D eigenvalue weighted by molar-refractivity contribution is 6.33. The third kappa shape index (κ3) is 3.19. The minimum absolute atomic E-state index is 0.0303.